The van der Waals surface area contributed by atoms with Gasteiger partial charge in [0, 0.05) is 12.4 Å². The summed E-state index contributed by atoms with van der Waals surface area (Å²) in [5, 5.41) is 14.2. The number of carboxylic acids is 1. The summed E-state index contributed by atoms with van der Waals surface area (Å²) in [7, 11) is 0. The molecule has 0 aliphatic rings. The molecule has 0 aromatic carbocycles. The van der Waals surface area contributed by atoms with Crippen LogP contribution >= 0.6 is 11.6 Å². The largest absolute Gasteiger partial charge is 0.480 e. The maximum absolute atomic E-state index is 11.3. The Bertz CT molecular complexity index is 290. The predicted molar refractivity (Wildman–Crippen MR) is 66.1 cm³/mol. The molecule has 0 aromatic heterocycles. The number of carbonyl (C=O) groups excluding carboxylic acids is 1. The summed E-state index contributed by atoms with van der Waals surface area (Å²) in [4.78, 5) is 32.0. The number of halogens is 1. The van der Waals surface area contributed by atoms with Crippen molar-refractivity contribution in [1.82, 2.24) is 10.3 Å². The Kier molecular flexibility index (Phi) is 8.85. The van der Waals surface area contributed by atoms with Crippen LogP contribution in [0.4, 0.5) is 4.79 Å². The highest BCUT2D eigenvalue weighted by molar-refractivity contribution is 6.18. The second-order valence-corrected chi connectivity index (χ2v) is 3.94. The quantitative estimate of drug-likeness (QED) is 0.245. The van der Waals surface area contributed by atoms with Gasteiger partial charge in [-0.05, 0) is 19.3 Å². The fourth-order valence-electron chi connectivity index (χ4n) is 1.16. The van der Waals surface area contributed by atoms with E-state index in [0.717, 1.165) is 0 Å². The lowest BCUT2D eigenvalue weighted by molar-refractivity contribution is -0.138. The molecule has 0 saturated heterocycles. The van der Waals surface area contributed by atoms with Crippen LogP contribution in [-0.4, -0.2) is 47.1 Å². The Morgan fingerprint density at radius 2 is 2.11 bits per heavy atom. The van der Waals surface area contributed by atoms with Crippen molar-refractivity contribution < 1.29 is 14.7 Å². The Morgan fingerprint density at radius 1 is 1.44 bits per heavy atom. The number of amides is 2. The van der Waals surface area contributed by atoms with E-state index in [2.05, 4.69) is 10.6 Å². The first-order valence-electron chi connectivity index (χ1n) is 5.46. The van der Waals surface area contributed by atoms with Crippen molar-refractivity contribution in [2.45, 2.75) is 25.3 Å². The van der Waals surface area contributed by atoms with Crippen LogP contribution in [0.2, 0.25) is 0 Å². The first-order chi connectivity index (χ1) is 8.52. The summed E-state index contributed by atoms with van der Waals surface area (Å²) in [6, 6.07) is -1.50. The molecule has 0 aliphatic carbocycles. The summed E-state index contributed by atoms with van der Waals surface area (Å²) >= 11 is 5.38. The Morgan fingerprint density at radius 3 is 2.61 bits per heavy atom. The highest BCUT2D eigenvalue weighted by Crippen LogP contribution is 1.99. The lowest BCUT2D eigenvalue weighted by Crippen LogP contribution is -2.38. The highest BCUT2D eigenvalue weighted by Gasteiger charge is 2.13. The molecule has 0 unspecified atom stereocenters. The molecule has 18 heavy (non-hydrogen) atoms. The average molecular weight is 281 g/mol. The molecule has 0 radical (unpaired) electrons. The molecule has 8 nitrogen and oxygen atoms in total. The van der Waals surface area contributed by atoms with Crippen molar-refractivity contribution in [3.05, 3.63) is 4.91 Å². The smallest absolute Gasteiger partial charge is 0.340 e. The number of aliphatic carboxylic acids is 1. The van der Waals surface area contributed by atoms with Gasteiger partial charge < -0.3 is 16.2 Å². The minimum absolute atomic E-state index is 0.0424. The maximum Gasteiger partial charge on any atom is 0.340 e. The summed E-state index contributed by atoms with van der Waals surface area (Å²) in [5.41, 5.74) is 5.30. The van der Waals surface area contributed by atoms with Gasteiger partial charge in [0.25, 0.3) is 0 Å². The van der Waals surface area contributed by atoms with E-state index in [1.807, 2.05) is 0 Å². The lowest BCUT2D eigenvalue weighted by atomic mass is 10.1. The summed E-state index contributed by atoms with van der Waals surface area (Å²) < 4.78 is 0. The highest BCUT2D eigenvalue weighted by atomic mass is 35.5. The van der Waals surface area contributed by atoms with Gasteiger partial charge >= 0.3 is 12.0 Å². The number of hydrogen-bond donors (Lipinski definition) is 3. The molecule has 1 atom stereocenters. The van der Waals surface area contributed by atoms with Gasteiger partial charge in [-0.25, -0.2) is 4.79 Å². The number of rotatable bonds is 9. The third kappa shape index (κ3) is 7.02. The lowest BCUT2D eigenvalue weighted by Gasteiger charge is -2.12. The van der Waals surface area contributed by atoms with Crippen LogP contribution in [0.3, 0.4) is 0 Å². The number of unbranched alkanes of at least 4 members (excludes halogenated alkanes) is 1. The molecule has 0 rings (SSSR count). The number of alkyl halides is 1. The fourth-order valence-corrected chi connectivity index (χ4v) is 1.32. The number of hydrogen-bond acceptors (Lipinski definition) is 5. The molecule has 0 aliphatic heterocycles. The minimum Gasteiger partial charge on any atom is -0.480 e. The number of carbonyl (C=O) groups is 2. The number of nitrogens with one attached hydrogen (secondary N) is 1. The van der Waals surface area contributed by atoms with Crippen molar-refractivity contribution >= 4 is 23.6 Å². The van der Waals surface area contributed by atoms with Gasteiger partial charge in [-0.15, -0.1) is 16.5 Å². The molecular formula is C9H17ClN4O4. The van der Waals surface area contributed by atoms with Crippen molar-refractivity contribution in [1.29, 1.82) is 0 Å². The predicted octanol–water partition coefficient (Wildman–Crippen LogP) is 0.500. The number of nitrogens with two attached hydrogens (primary N) is 1. The van der Waals surface area contributed by atoms with Crippen LogP contribution in [-0.2, 0) is 4.79 Å². The number of nitroso groups, excluding NO2 is 1. The fraction of sp³-hybridized carbons (Fsp3) is 0.778. The standard InChI is InChI=1S/C9H17ClN4O4/c10-4-6-14(13-18)9(17)12-5-2-1-3-7(11)8(15)16/h7H,1-6,11H2,(H,12,17)(H,15,16)/t7-/m0/s1. The van der Waals surface area contributed by atoms with E-state index in [0.29, 0.717) is 30.8 Å². The second kappa shape index (κ2) is 9.60. The zero-order valence-corrected chi connectivity index (χ0v) is 10.6. The minimum atomic E-state index is -1.04. The van der Waals surface area contributed by atoms with Crippen molar-refractivity contribution in [2.24, 2.45) is 11.0 Å². The number of carboxylic acid groups (broad SMARTS) is 1. The molecule has 0 spiro atoms. The van der Waals surface area contributed by atoms with E-state index in [1.54, 1.807) is 0 Å². The summed E-state index contributed by atoms with van der Waals surface area (Å²) in [6.07, 6.45) is 1.47. The van der Waals surface area contributed by atoms with Crippen LogP contribution < -0.4 is 11.1 Å². The SMILES string of the molecule is N[C@@H](CCCCNC(=O)N(CCCl)N=O)C(=O)O. The molecular weight excluding hydrogens is 264 g/mol. The van der Waals surface area contributed by atoms with Gasteiger partial charge in [0.2, 0.25) is 0 Å². The molecule has 0 bridgehead atoms. The zero-order valence-electron chi connectivity index (χ0n) is 9.84. The molecule has 9 heteroatoms. The van der Waals surface area contributed by atoms with E-state index in [4.69, 9.17) is 22.4 Å². The van der Waals surface area contributed by atoms with E-state index < -0.39 is 18.0 Å². The van der Waals surface area contributed by atoms with Crippen LogP contribution in [0.15, 0.2) is 5.29 Å². The molecule has 0 saturated carbocycles. The van der Waals surface area contributed by atoms with E-state index in [1.165, 1.54) is 0 Å². The summed E-state index contributed by atoms with van der Waals surface area (Å²) in [6.45, 7) is 0.361. The van der Waals surface area contributed by atoms with Crippen LogP contribution in [0.5, 0.6) is 0 Å². The molecule has 0 aromatic rings. The number of nitrogens with zero attached hydrogens (tertiary/aromatic N) is 2. The van der Waals surface area contributed by atoms with Gasteiger partial charge in [0.1, 0.15) is 6.04 Å². The van der Waals surface area contributed by atoms with E-state index in [-0.39, 0.29) is 12.4 Å². The molecule has 0 heterocycles. The molecule has 0 fully saturated rings. The average Bonchev–Trinajstić information content (AvgIpc) is 2.34. The monoisotopic (exact) mass is 280 g/mol. The van der Waals surface area contributed by atoms with E-state index >= 15 is 0 Å². The Hall–Kier alpha value is -1.41. The Labute approximate surface area is 109 Å². The molecule has 4 N–H and O–H groups in total. The third-order valence-corrected chi connectivity index (χ3v) is 2.33. The first-order valence-corrected chi connectivity index (χ1v) is 5.99. The third-order valence-electron chi connectivity index (χ3n) is 2.16. The van der Waals surface area contributed by atoms with Crippen molar-refractivity contribution in [2.75, 3.05) is 19.0 Å². The van der Waals surface area contributed by atoms with Crippen LogP contribution in [0, 0.1) is 4.91 Å². The van der Waals surface area contributed by atoms with Gasteiger partial charge in [0.15, 0.2) is 0 Å². The van der Waals surface area contributed by atoms with Gasteiger partial charge in [-0.1, -0.05) is 0 Å². The topological polar surface area (TPSA) is 125 Å². The summed E-state index contributed by atoms with van der Waals surface area (Å²) in [5.74, 6) is -0.926. The molecule has 104 valence electrons. The molecule has 2 amide bonds. The van der Waals surface area contributed by atoms with Crippen LogP contribution in [0.1, 0.15) is 19.3 Å². The maximum atomic E-state index is 11.3. The van der Waals surface area contributed by atoms with Crippen molar-refractivity contribution in [3.8, 4) is 0 Å². The zero-order chi connectivity index (χ0) is 14.0. The van der Waals surface area contributed by atoms with Crippen LogP contribution in [0.25, 0.3) is 0 Å². The normalized spacial score (nSPS) is 11.7. The van der Waals surface area contributed by atoms with Crippen molar-refractivity contribution in [3.63, 3.8) is 0 Å². The van der Waals surface area contributed by atoms with E-state index in [9.17, 15) is 14.5 Å². The van der Waals surface area contributed by atoms with Gasteiger partial charge in [0.05, 0.1) is 11.8 Å². The Balaban J connectivity index is 3.68. The van der Waals surface area contributed by atoms with Gasteiger partial charge in [-0.3, -0.25) is 4.79 Å². The second-order valence-electron chi connectivity index (χ2n) is 3.57. The first kappa shape index (κ1) is 16.6. The van der Waals surface area contributed by atoms with Gasteiger partial charge in [-0.2, -0.15) is 5.01 Å². The number of urea groups is 1.